The predicted molar refractivity (Wildman–Crippen MR) is 165 cm³/mol. The lowest BCUT2D eigenvalue weighted by Gasteiger charge is -2.33. The Labute approximate surface area is 257 Å². The number of nitrogens with one attached hydrogen (secondary N) is 1. The fraction of sp³-hybridized carbons (Fsp3) is 0.375. The summed E-state index contributed by atoms with van der Waals surface area (Å²) >= 11 is 6.37. The molecule has 11 heteroatoms. The van der Waals surface area contributed by atoms with E-state index in [1.54, 1.807) is 19.1 Å². The van der Waals surface area contributed by atoms with E-state index in [1.807, 2.05) is 6.92 Å². The molecule has 8 nitrogen and oxygen atoms in total. The van der Waals surface area contributed by atoms with Crippen LogP contribution in [0.4, 0.5) is 10.1 Å². The van der Waals surface area contributed by atoms with Gasteiger partial charge in [-0.3, -0.25) is 13.9 Å². The Morgan fingerprint density at radius 3 is 2.28 bits per heavy atom. The summed E-state index contributed by atoms with van der Waals surface area (Å²) in [6.45, 7) is 2.82. The van der Waals surface area contributed by atoms with Gasteiger partial charge < -0.3 is 15.0 Å². The van der Waals surface area contributed by atoms with Crippen LogP contribution in [-0.4, -0.2) is 50.9 Å². The van der Waals surface area contributed by atoms with Gasteiger partial charge in [0.2, 0.25) is 11.8 Å². The van der Waals surface area contributed by atoms with Crippen molar-refractivity contribution in [3.8, 4) is 5.75 Å². The first-order valence-electron chi connectivity index (χ1n) is 14.3. The van der Waals surface area contributed by atoms with Gasteiger partial charge in [0.1, 0.15) is 24.2 Å². The summed E-state index contributed by atoms with van der Waals surface area (Å²) in [6.07, 6.45) is 4.90. The number of carbonyl (C=O) groups is 2. The van der Waals surface area contributed by atoms with Gasteiger partial charge in [-0.05, 0) is 74.7 Å². The number of anilines is 1. The van der Waals surface area contributed by atoms with Gasteiger partial charge in [0.05, 0.1) is 22.7 Å². The van der Waals surface area contributed by atoms with E-state index in [0.717, 1.165) is 42.0 Å². The molecule has 3 aromatic carbocycles. The summed E-state index contributed by atoms with van der Waals surface area (Å²) in [5, 5.41) is 3.23. The standard InChI is InChI=1S/C32H37ClFN3O5S/c1-22-9-16-28(17-10-22)43(40,41)37(27-15-18-30(42-3)29(33)19-27)21-31(38)36(20-24-11-13-25(34)14-12-24)23(2)32(39)35-26-7-5-4-6-8-26/h9-19,23,26H,4-8,20-21H2,1-3H3,(H,35,39). The summed E-state index contributed by atoms with van der Waals surface area (Å²) < 4.78 is 47.8. The quantitative estimate of drug-likeness (QED) is 0.287. The van der Waals surface area contributed by atoms with Crippen molar-refractivity contribution >= 4 is 39.1 Å². The van der Waals surface area contributed by atoms with Crippen molar-refractivity contribution in [2.24, 2.45) is 0 Å². The first-order valence-corrected chi connectivity index (χ1v) is 16.1. The molecule has 1 aliphatic carbocycles. The van der Waals surface area contributed by atoms with Gasteiger partial charge in [0.25, 0.3) is 10.0 Å². The second-order valence-corrected chi connectivity index (χ2v) is 13.1. The lowest BCUT2D eigenvalue weighted by atomic mass is 9.95. The van der Waals surface area contributed by atoms with Crippen LogP contribution in [0.15, 0.2) is 71.6 Å². The zero-order valence-electron chi connectivity index (χ0n) is 24.6. The van der Waals surface area contributed by atoms with E-state index in [1.165, 1.54) is 66.6 Å². The van der Waals surface area contributed by atoms with Crippen molar-refractivity contribution in [2.45, 2.75) is 69.5 Å². The lowest BCUT2D eigenvalue weighted by Crippen LogP contribution is -2.53. The fourth-order valence-corrected chi connectivity index (χ4v) is 6.77. The number of ether oxygens (including phenoxy) is 1. The van der Waals surface area contributed by atoms with Crippen molar-refractivity contribution < 1.29 is 27.1 Å². The number of benzene rings is 3. The molecule has 1 unspecified atom stereocenters. The number of hydrogen-bond acceptors (Lipinski definition) is 5. The SMILES string of the molecule is COc1ccc(N(CC(=O)N(Cc2ccc(F)cc2)C(C)C(=O)NC2CCCCC2)S(=O)(=O)c2ccc(C)cc2)cc1Cl. The highest BCUT2D eigenvalue weighted by Gasteiger charge is 2.33. The summed E-state index contributed by atoms with van der Waals surface area (Å²) in [5.74, 6) is -1.03. The molecule has 0 heterocycles. The number of carbonyl (C=O) groups excluding carboxylic acids is 2. The predicted octanol–water partition coefficient (Wildman–Crippen LogP) is 5.86. The van der Waals surface area contributed by atoms with E-state index in [4.69, 9.17) is 16.3 Å². The van der Waals surface area contributed by atoms with Crippen LogP contribution in [0.5, 0.6) is 5.75 Å². The highest BCUT2D eigenvalue weighted by Crippen LogP contribution is 2.32. The number of hydrogen-bond donors (Lipinski definition) is 1. The second-order valence-electron chi connectivity index (χ2n) is 10.8. The molecule has 1 N–H and O–H groups in total. The molecule has 0 aliphatic heterocycles. The van der Waals surface area contributed by atoms with Gasteiger partial charge in [-0.15, -0.1) is 0 Å². The van der Waals surface area contributed by atoms with Crippen LogP contribution in [0.25, 0.3) is 0 Å². The van der Waals surface area contributed by atoms with Crippen LogP contribution in [0.3, 0.4) is 0 Å². The topological polar surface area (TPSA) is 96.0 Å². The van der Waals surface area contributed by atoms with E-state index >= 15 is 0 Å². The van der Waals surface area contributed by atoms with Gasteiger partial charge in [0.15, 0.2) is 0 Å². The first-order chi connectivity index (χ1) is 20.5. The molecule has 0 spiro atoms. The number of aryl methyl sites for hydroxylation is 1. The van der Waals surface area contributed by atoms with Crippen LogP contribution in [-0.2, 0) is 26.2 Å². The minimum absolute atomic E-state index is 0.00832. The van der Waals surface area contributed by atoms with E-state index in [-0.39, 0.29) is 34.1 Å². The van der Waals surface area contributed by atoms with Crippen LogP contribution in [0.2, 0.25) is 5.02 Å². The number of halogens is 2. The first kappa shape index (κ1) is 32.3. The molecule has 1 atom stereocenters. The average Bonchev–Trinajstić information content (AvgIpc) is 2.99. The average molecular weight is 630 g/mol. The van der Waals surface area contributed by atoms with Gasteiger partial charge in [-0.1, -0.05) is 60.7 Å². The number of amides is 2. The Morgan fingerprint density at radius 1 is 1.02 bits per heavy atom. The van der Waals surface area contributed by atoms with Crippen LogP contribution < -0.4 is 14.4 Å². The lowest BCUT2D eigenvalue weighted by molar-refractivity contribution is -0.139. The zero-order chi connectivity index (χ0) is 31.1. The molecule has 0 radical (unpaired) electrons. The molecule has 1 fully saturated rings. The second kappa shape index (κ2) is 14.2. The fourth-order valence-electron chi connectivity index (χ4n) is 5.11. The summed E-state index contributed by atoms with van der Waals surface area (Å²) in [4.78, 5) is 28.8. The Bertz CT molecular complexity index is 1530. The molecular formula is C32H37ClFN3O5S. The van der Waals surface area contributed by atoms with E-state index in [2.05, 4.69) is 5.32 Å². The third-order valence-electron chi connectivity index (χ3n) is 7.70. The van der Waals surface area contributed by atoms with Crippen LogP contribution in [0.1, 0.15) is 50.2 Å². The highest BCUT2D eigenvalue weighted by atomic mass is 35.5. The number of methoxy groups -OCH3 is 1. The summed E-state index contributed by atoms with van der Waals surface area (Å²) in [5.41, 5.74) is 1.62. The third-order valence-corrected chi connectivity index (χ3v) is 9.78. The van der Waals surface area contributed by atoms with Gasteiger partial charge in [-0.2, -0.15) is 0 Å². The molecule has 230 valence electrons. The number of rotatable bonds is 11. The molecule has 2 amide bonds. The van der Waals surface area contributed by atoms with E-state index in [0.29, 0.717) is 11.3 Å². The number of nitrogens with zero attached hydrogens (tertiary/aromatic N) is 2. The minimum atomic E-state index is -4.25. The maximum atomic E-state index is 14.1. The monoisotopic (exact) mass is 629 g/mol. The molecule has 1 saturated carbocycles. The molecule has 4 rings (SSSR count). The molecular weight excluding hydrogens is 593 g/mol. The highest BCUT2D eigenvalue weighted by molar-refractivity contribution is 7.92. The Hall–Kier alpha value is -3.63. The molecule has 1 aliphatic rings. The van der Waals surface area contributed by atoms with Gasteiger partial charge in [0, 0.05) is 12.6 Å². The van der Waals surface area contributed by atoms with Crippen molar-refractivity contribution in [3.63, 3.8) is 0 Å². The Balaban J connectivity index is 1.70. The third kappa shape index (κ3) is 8.06. The largest absolute Gasteiger partial charge is 0.495 e. The number of sulfonamides is 1. The van der Waals surface area contributed by atoms with Crippen molar-refractivity contribution in [2.75, 3.05) is 18.0 Å². The molecule has 0 aromatic heterocycles. The van der Waals surface area contributed by atoms with Gasteiger partial charge in [-0.25, -0.2) is 12.8 Å². The molecule has 0 bridgehead atoms. The van der Waals surface area contributed by atoms with E-state index in [9.17, 15) is 22.4 Å². The summed E-state index contributed by atoms with van der Waals surface area (Å²) in [6, 6.07) is 15.5. The van der Waals surface area contributed by atoms with Crippen molar-refractivity contribution in [1.82, 2.24) is 10.2 Å². The van der Waals surface area contributed by atoms with E-state index < -0.39 is 34.3 Å². The Kier molecular flexibility index (Phi) is 10.7. The van der Waals surface area contributed by atoms with Gasteiger partial charge >= 0.3 is 0 Å². The zero-order valence-corrected chi connectivity index (χ0v) is 26.1. The minimum Gasteiger partial charge on any atom is -0.495 e. The smallest absolute Gasteiger partial charge is 0.264 e. The maximum Gasteiger partial charge on any atom is 0.264 e. The van der Waals surface area contributed by atoms with Crippen LogP contribution in [0, 0.1) is 12.7 Å². The molecule has 43 heavy (non-hydrogen) atoms. The van der Waals surface area contributed by atoms with Crippen molar-refractivity contribution in [3.05, 3.63) is 88.7 Å². The van der Waals surface area contributed by atoms with Crippen molar-refractivity contribution in [1.29, 1.82) is 0 Å². The maximum absolute atomic E-state index is 14.1. The van der Waals surface area contributed by atoms with Crippen LogP contribution >= 0.6 is 11.6 Å². The summed E-state index contributed by atoms with van der Waals surface area (Å²) in [7, 11) is -2.80. The molecule has 0 saturated heterocycles. The Morgan fingerprint density at radius 2 is 1.67 bits per heavy atom. The normalized spacial score (nSPS) is 14.5. The molecule has 3 aromatic rings.